The number of nitrogen functional groups attached to an aromatic ring is 3. The van der Waals surface area contributed by atoms with Crippen LogP contribution in [0.1, 0.15) is 74.3 Å². The summed E-state index contributed by atoms with van der Waals surface area (Å²) in [7, 11) is 9.13. The van der Waals surface area contributed by atoms with E-state index in [1.54, 1.807) is 133 Å². The monoisotopic (exact) mass is 1640 g/mol. The van der Waals surface area contributed by atoms with Gasteiger partial charge in [0.25, 0.3) is 38.5 Å². The van der Waals surface area contributed by atoms with E-state index >= 15 is 0 Å². The molecule has 15 aromatic rings. The number of anilines is 4. The third-order valence-electron chi connectivity index (χ3n) is 15.9. The van der Waals surface area contributed by atoms with Gasteiger partial charge in [-0.2, -0.15) is 9.97 Å². The van der Waals surface area contributed by atoms with Gasteiger partial charge < -0.3 is 85.0 Å². The number of carbonyl (C=O) groups excluding carboxylic acids is 6. The van der Waals surface area contributed by atoms with Crippen molar-refractivity contribution >= 4 is 155 Å². The number of aryl methyl sites for hydroxylation is 1. The van der Waals surface area contributed by atoms with Gasteiger partial charge in [0.2, 0.25) is 23.5 Å². The first-order chi connectivity index (χ1) is 55.8. The summed E-state index contributed by atoms with van der Waals surface area (Å²) in [6.07, 6.45) is 14.0. The second kappa shape index (κ2) is 40.7. The Morgan fingerprint density at radius 3 is 1.41 bits per heavy atom. The molecule has 1 amide bonds. The van der Waals surface area contributed by atoms with Crippen LogP contribution in [0, 0.1) is 6.92 Å². The van der Waals surface area contributed by atoms with Crippen molar-refractivity contribution < 1.29 is 74.4 Å². The number of nitrogens with zero attached hydrogens (tertiary/aromatic N) is 12. The molecule has 602 valence electrons. The van der Waals surface area contributed by atoms with Crippen LogP contribution < -0.4 is 58.1 Å². The Morgan fingerprint density at radius 2 is 0.983 bits per heavy atom. The van der Waals surface area contributed by atoms with Crippen LogP contribution in [0.15, 0.2) is 160 Å². The van der Waals surface area contributed by atoms with Gasteiger partial charge in [0.15, 0.2) is 23.0 Å². The highest BCUT2D eigenvalue weighted by Gasteiger charge is 2.21. The van der Waals surface area contributed by atoms with Gasteiger partial charge in [-0.3, -0.25) is 24.6 Å². The number of amides is 1. The predicted molar refractivity (Wildman–Crippen MR) is 429 cm³/mol. The summed E-state index contributed by atoms with van der Waals surface area (Å²) in [5, 5.41) is 25.1. The fraction of sp³-hybridized carbons (Fsp3) is 0.189. The average molecular weight is 1650 g/mol. The van der Waals surface area contributed by atoms with Crippen LogP contribution in [0.2, 0.25) is 0 Å². The van der Waals surface area contributed by atoms with Crippen LogP contribution in [0.3, 0.4) is 0 Å². The molecule has 0 fully saturated rings. The number of nitrogens with one attached hydrogen (secondary N) is 7. The molecule has 0 saturated carbocycles. The largest absolute Gasteiger partial charge is 0.493 e. The lowest BCUT2D eigenvalue weighted by atomic mass is 10.2. The van der Waals surface area contributed by atoms with Crippen LogP contribution in [-0.4, -0.2) is 185 Å². The third-order valence-corrected chi connectivity index (χ3v) is 17.5. The highest BCUT2D eigenvalue weighted by molar-refractivity contribution is 8.13. The lowest BCUT2D eigenvalue weighted by Crippen LogP contribution is -2.29. The minimum Gasteiger partial charge on any atom is -0.493 e. The highest BCUT2D eigenvalue weighted by Crippen LogP contribution is 2.36. The number of ether oxygens (including phenoxy) is 6. The summed E-state index contributed by atoms with van der Waals surface area (Å²) in [6.45, 7) is 6.55. The lowest BCUT2D eigenvalue weighted by Gasteiger charge is -2.11. The van der Waals surface area contributed by atoms with E-state index in [9.17, 15) is 37.2 Å². The number of rotatable bonds is 21. The number of aromatic nitrogens is 16. The second-order valence-corrected chi connectivity index (χ2v) is 26.4. The third kappa shape index (κ3) is 22.1. The minimum absolute atomic E-state index is 0.0123. The van der Waals surface area contributed by atoms with Crippen molar-refractivity contribution in [2.45, 2.75) is 38.5 Å². The first-order valence-corrected chi connectivity index (χ1v) is 37.0. The van der Waals surface area contributed by atoms with Crippen molar-refractivity contribution in [3.8, 4) is 45.9 Å². The molecule has 116 heavy (non-hydrogen) atoms. The minimum atomic E-state index is -3.55. The quantitative estimate of drug-likeness (QED) is 0.00466. The Labute approximate surface area is 667 Å². The van der Waals surface area contributed by atoms with Gasteiger partial charge in [-0.05, 0) is 105 Å². The molecular formula is C74H75Cl2N23O16S. The van der Waals surface area contributed by atoms with Gasteiger partial charge in [-0.25, -0.2) is 53.8 Å². The van der Waals surface area contributed by atoms with Gasteiger partial charge in [0.1, 0.15) is 34.2 Å². The molecule has 12 heterocycles. The molecular weight excluding hydrogens is 1570 g/mol. The SMILES string of the molecule is CC(=O)c1nnc(-c2c[nH]c3ncccc23)o1.CCOC(=O)C(=O)Cl.COC(=O)c1c[nH]c2ncccc12.COc1cc2nc(NCCCC(=O)c3nnc(-c4c[nH]c5ncccc45)o3)nc(N)c2cc1OC.COc1cc2nc(NCCN)nc(N)c2cc1OC.Cc1ccc(S(=O)(=O)Cl)cc1.NNC(=O)c1c[nH]c2ncccc12. The number of halogens is 2. The Bertz CT molecular complexity index is 5990. The Morgan fingerprint density at radius 1 is 0.552 bits per heavy atom. The van der Waals surface area contributed by atoms with Crippen molar-refractivity contribution in [2.24, 2.45) is 11.6 Å². The summed E-state index contributed by atoms with van der Waals surface area (Å²) in [5.74, 6) is 7.16. The van der Waals surface area contributed by atoms with Crippen LogP contribution >= 0.6 is 22.3 Å². The molecule has 3 aromatic carbocycles. The summed E-state index contributed by atoms with van der Waals surface area (Å²) < 4.78 is 62.2. The zero-order chi connectivity index (χ0) is 83.6. The normalized spacial score (nSPS) is 10.6. The number of methoxy groups -OCH3 is 5. The Hall–Kier alpha value is -14.4. The van der Waals surface area contributed by atoms with Crippen LogP contribution in [0.25, 0.3) is 88.8 Å². The number of esters is 2. The molecule has 12 aromatic heterocycles. The van der Waals surface area contributed by atoms with Crippen molar-refractivity contribution in [1.82, 2.24) is 85.6 Å². The predicted octanol–water partition coefficient (Wildman–Crippen LogP) is 9.40. The number of fused-ring (bicyclic) bond motifs is 6. The lowest BCUT2D eigenvalue weighted by molar-refractivity contribution is -0.149. The number of Topliss-reactive ketones (excluding diaryl/α,β-unsaturated/α-hetero) is 2. The summed E-state index contributed by atoms with van der Waals surface area (Å²) in [5.41, 5.74) is 27.1. The first-order valence-electron chi connectivity index (χ1n) is 34.3. The van der Waals surface area contributed by atoms with Crippen molar-refractivity contribution in [1.29, 1.82) is 0 Å². The van der Waals surface area contributed by atoms with Gasteiger partial charge in [-0.1, -0.05) is 17.7 Å². The van der Waals surface area contributed by atoms with Crippen LogP contribution in [-0.2, 0) is 28.1 Å². The number of hydrogen-bond acceptors (Lipinski definition) is 34. The number of hydrogen-bond donors (Lipinski definition) is 11. The second-order valence-electron chi connectivity index (χ2n) is 23.5. The molecule has 15 rings (SSSR count). The molecule has 0 unspecified atom stereocenters. The molecule has 0 aliphatic carbocycles. The molecule has 42 heteroatoms. The number of carbonyl (C=O) groups is 6. The Balaban J connectivity index is 0.000000164. The molecule has 0 aliphatic rings. The molecule has 39 nitrogen and oxygen atoms in total. The smallest absolute Gasteiger partial charge is 0.391 e. The number of ketones is 2. The van der Waals surface area contributed by atoms with E-state index in [4.69, 9.17) is 73.1 Å². The summed E-state index contributed by atoms with van der Waals surface area (Å²) in [6, 6.07) is 28.0. The van der Waals surface area contributed by atoms with Gasteiger partial charge in [-0.15, -0.1) is 20.4 Å². The van der Waals surface area contributed by atoms with Crippen molar-refractivity contribution in [3.05, 3.63) is 175 Å². The molecule has 0 spiro atoms. The number of hydrazine groups is 1. The topological polar surface area (TPSA) is 576 Å². The maximum atomic E-state index is 12.5. The van der Waals surface area contributed by atoms with Gasteiger partial charge >= 0.3 is 17.2 Å². The van der Waals surface area contributed by atoms with Gasteiger partial charge in [0, 0.05) is 138 Å². The fourth-order valence-electron chi connectivity index (χ4n) is 10.4. The molecule has 0 atom stereocenters. The Kier molecular flexibility index (Phi) is 30.1. The number of aromatic amines is 4. The maximum absolute atomic E-state index is 12.5. The van der Waals surface area contributed by atoms with E-state index in [2.05, 4.69) is 106 Å². The maximum Gasteiger partial charge on any atom is 0.391 e. The van der Waals surface area contributed by atoms with E-state index in [0.29, 0.717) is 129 Å². The zero-order valence-electron chi connectivity index (χ0n) is 63.0. The summed E-state index contributed by atoms with van der Waals surface area (Å²) in [4.78, 5) is 112. The van der Waals surface area contributed by atoms with E-state index in [0.717, 1.165) is 43.7 Å². The fourth-order valence-corrected chi connectivity index (χ4v) is 11.2. The number of benzene rings is 3. The number of H-pyrrole nitrogens is 4. The number of nitrogens with two attached hydrogens (primary N) is 4. The molecule has 0 radical (unpaired) electrons. The van der Waals surface area contributed by atoms with E-state index < -0.39 is 20.3 Å². The average Bonchev–Trinajstić information content (AvgIpc) is 1.72. The van der Waals surface area contributed by atoms with E-state index in [1.807, 2.05) is 43.3 Å². The van der Waals surface area contributed by atoms with Crippen molar-refractivity contribution in [2.75, 3.05) is 83.9 Å². The van der Waals surface area contributed by atoms with Crippen LogP contribution in [0.4, 0.5) is 23.5 Å². The van der Waals surface area contributed by atoms with E-state index in [1.165, 1.54) is 26.2 Å². The zero-order valence-corrected chi connectivity index (χ0v) is 65.3. The molecule has 15 N–H and O–H groups in total. The van der Waals surface area contributed by atoms with Crippen LogP contribution in [0.5, 0.6) is 23.0 Å². The molecule has 0 aliphatic heterocycles. The van der Waals surface area contributed by atoms with Gasteiger partial charge in [0.05, 0.1) is 80.3 Å². The highest BCUT2D eigenvalue weighted by atomic mass is 35.7. The van der Waals surface area contributed by atoms with E-state index in [-0.39, 0.29) is 59.0 Å². The standard InChI is InChI=1S/C23H22N8O4.C12H17N5O2.C11H8N4O2.C9H8N2O2.C8H8N4O.C7H7ClO2S.C4H5ClO3/c1-33-17-9-13-15(10-18(17)34-2)28-23(29-19(13)24)26-8-4-6-16(32)22-31-30-21(35-22)14-11-27-20-12(14)5-3-7-25-20;1-18-9-5-7-8(6-10(9)19-2)16-12(15-4-3-13)17-11(7)14;1-6(16)10-14-15-11(17-10)8-5-13-9-7(8)3-2-4-12-9;1-13-9(12)7-5-11-8-6(7)3-2-4-10-8;9-12-8(13)6-4-11-7-5(6)2-1-3-10-7;1-6-2-4-7(5-3-6)11(8,9)10;1-2-8-4(7)3(5)6/h3,5,7,9-11H,4,6,8H2,1-2H3,(H,25,27)(H3,24,26,28,29);5-6H,3-4,13H2,1-2H3,(H3,14,15,16,17);2-5H,1H3,(H,12,13);2-5H,1H3,(H,10,11);1-4H,9H2,(H,10,11)(H,12,13);2-5H,1H3;2H2,1H3. The molecule has 0 bridgehead atoms. The first kappa shape index (κ1) is 85.6. The molecule has 0 saturated heterocycles. The number of pyridine rings is 4. The summed E-state index contributed by atoms with van der Waals surface area (Å²) >= 11 is 4.69. The van der Waals surface area contributed by atoms with Crippen molar-refractivity contribution in [3.63, 3.8) is 0 Å².